The van der Waals surface area contributed by atoms with Crippen molar-refractivity contribution >= 4 is 23.2 Å². The van der Waals surface area contributed by atoms with Gasteiger partial charge in [-0.2, -0.15) is 0 Å². The highest BCUT2D eigenvalue weighted by Gasteiger charge is 2.10. The number of nitrogens with zero attached hydrogens (tertiary/aromatic N) is 1. The Morgan fingerprint density at radius 1 is 1.42 bits per heavy atom. The van der Waals surface area contributed by atoms with Crippen molar-refractivity contribution in [2.75, 3.05) is 12.4 Å². The van der Waals surface area contributed by atoms with Crippen molar-refractivity contribution in [1.82, 2.24) is 4.98 Å². The van der Waals surface area contributed by atoms with Gasteiger partial charge >= 0.3 is 0 Å². The Kier molecular flexibility index (Phi) is 4.49. The van der Waals surface area contributed by atoms with E-state index in [-0.39, 0.29) is 5.91 Å². The van der Waals surface area contributed by atoms with Crippen molar-refractivity contribution in [3.05, 3.63) is 58.9 Å². The molecule has 5 heteroatoms. The topological polar surface area (TPSA) is 51.2 Å². The van der Waals surface area contributed by atoms with E-state index in [0.29, 0.717) is 22.9 Å². The maximum Gasteiger partial charge on any atom is 0.257 e. The second-order valence-corrected chi connectivity index (χ2v) is 4.35. The number of pyridine rings is 1. The molecule has 1 aromatic heterocycles. The summed E-state index contributed by atoms with van der Waals surface area (Å²) >= 11 is 5.92. The molecule has 2 rings (SSSR count). The number of halogens is 1. The lowest BCUT2D eigenvalue weighted by Crippen LogP contribution is -2.12. The minimum absolute atomic E-state index is 0.262. The minimum Gasteiger partial charge on any atom is -0.380 e. The number of carbonyl (C=O) groups excluding carboxylic acids is 1. The summed E-state index contributed by atoms with van der Waals surface area (Å²) in [7, 11) is 1.63. The molecular formula is C14H13ClN2O2. The van der Waals surface area contributed by atoms with Gasteiger partial charge in [0.05, 0.1) is 17.2 Å². The monoisotopic (exact) mass is 276 g/mol. The second-order valence-electron chi connectivity index (χ2n) is 3.94. The van der Waals surface area contributed by atoms with Gasteiger partial charge in [-0.25, -0.2) is 0 Å². The predicted molar refractivity (Wildman–Crippen MR) is 74.4 cm³/mol. The zero-order valence-corrected chi connectivity index (χ0v) is 11.1. The van der Waals surface area contributed by atoms with Gasteiger partial charge in [0, 0.05) is 25.2 Å². The molecule has 0 saturated carbocycles. The summed E-state index contributed by atoms with van der Waals surface area (Å²) in [4.78, 5) is 15.9. The molecule has 0 fully saturated rings. The number of hydrogen-bond acceptors (Lipinski definition) is 3. The van der Waals surface area contributed by atoms with Crippen LogP contribution in [0, 0.1) is 0 Å². The molecule has 0 atom stereocenters. The Hall–Kier alpha value is -1.91. The highest BCUT2D eigenvalue weighted by molar-refractivity contribution is 6.34. The third-order valence-electron chi connectivity index (χ3n) is 2.51. The van der Waals surface area contributed by atoms with E-state index < -0.39 is 0 Å². The summed E-state index contributed by atoms with van der Waals surface area (Å²) in [5.74, 6) is -0.262. The standard InChI is InChI=1S/C14H13ClN2O2/c1-19-9-10-3-2-4-11(7-10)17-14(18)12-5-6-16-8-13(12)15/h2-8H,9H2,1H3,(H,17,18). The molecule has 0 saturated heterocycles. The van der Waals surface area contributed by atoms with Gasteiger partial charge in [0.25, 0.3) is 5.91 Å². The third-order valence-corrected chi connectivity index (χ3v) is 2.81. The molecule has 0 bridgehead atoms. The minimum atomic E-state index is -0.262. The molecule has 19 heavy (non-hydrogen) atoms. The molecule has 1 heterocycles. The Morgan fingerprint density at radius 2 is 2.26 bits per heavy atom. The van der Waals surface area contributed by atoms with Crippen molar-refractivity contribution in [2.45, 2.75) is 6.61 Å². The van der Waals surface area contributed by atoms with Gasteiger partial charge in [-0.1, -0.05) is 23.7 Å². The van der Waals surface area contributed by atoms with Gasteiger partial charge in [0.1, 0.15) is 0 Å². The van der Waals surface area contributed by atoms with E-state index in [1.54, 1.807) is 13.2 Å². The average molecular weight is 277 g/mol. The molecule has 0 spiro atoms. The lowest BCUT2D eigenvalue weighted by Gasteiger charge is -2.08. The van der Waals surface area contributed by atoms with Gasteiger partial charge in [-0.3, -0.25) is 9.78 Å². The SMILES string of the molecule is COCc1cccc(NC(=O)c2ccncc2Cl)c1. The molecular weight excluding hydrogens is 264 g/mol. The van der Waals surface area contributed by atoms with Crippen LogP contribution in [-0.2, 0) is 11.3 Å². The molecule has 0 unspecified atom stereocenters. The number of amides is 1. The highest BCUT2D eigenvalue weighted by atomic mass is 35.5. The van der Waals surface area contributed by atoms with Crippen molar-refractivity contribution < 1.29 is 9.53 Å². The van der Waals surface area contributed by atoms with Crippen LogP contribution >= 0.6 is 11.6 Å². The molecule has 0 aliphatic carbocycles. The van der Waals surface area contributed by atoms with Gasteiger partial charge in [-0.05, 0) is 23.8 Å². The molecule has 98 valence electrons. The van der Waals surface area contributed by atoms with E-state index >= 15 is 0 Å². The van der Waals surface area contributed by atoms with Gasteiger partial charge in [0.2, 0.25) is 0 Å². The quantitative estimate of drug-likeness (QED) is 0.933. The van der Waals surface area contributed by atoms with Gasteiger partial charge < -0.3 is 10.1 Å². The van der Waals surface area contributed by atoms with Crippen LogP contribution in [0.1, 0.15) is 15.9 Å². The lowest BCUT2D eigenvalue weighted by molar-refractivity contribution is 0.102. The highest BCUT2D eigenvalue weighted by Crippen LogP contribution is 2.17. The van der Waals surface area contributed by atoms with E-state index in [1.807, 2.05) is 24.3 Å². The zero-order chi connectivity index (χ0) is 13.7. The van der Waals surface area contributed by atoms with Gasteiger partial charge in [-0.15, -0.1) is 0 Å². The van der Waals surface area contributed by atoms with Crippen LogP contribution in [0.5, 0.6) is 0 Å². The molecule has 4 nitrogen and oxygen atoms in total. The number of aromatic nitrogens is 1. The summed E-state index contributed by atoms with van der Waals surface area (Å²) in [6.07, 6.45) is 2.97. The van der Waals surface area contributed by atoms with Crippen molar-refractivity contribution in [3.8, 4) is 0 Å². The van der Waals surface area contributed by atoms with Crippen molar-refractivity contribution in [1.29, 1.82) is 0 Å². The van der Waals surface area contributed by atoms with Crippen LogP contribution in [0.15, 0.2) is 42.7 Å². The summed E-state index contributed by atoms with van der Waals surface area (Å²) in [5.41, 5.74) is 2.09. The zero-order valence-electron chi connectivity index (χ0n) is 10.4. The van der Waals surface area contributed by atoms with Crippen LogP contribution in [0.25, 0.3) is 0 Å². The third kappa shape index (κ3) is 3.53. The smallest absolute Gasteiger partial charge is 0.257 e. The van der Waals surface area contributed by atoms with Crippen LogP contribution in [0.3, 0.4) is 0 Å². The largest absolute Gasteiger partial charge is 0.380 e. The van der Waals surface area contributed by atoms with Gasteiger partial charge in [0.15, 0.2) is 0 Å². The van der Waals surface area contributed by atoms with E-state index in [1.165, 1.54) is 12.4 Å². The summed E-state index contributed by atoms with van der Waals surface area (Å²) in [6.45, 7) is 0.500. The van der Waals surface area contributed by atoms with E-state index in [9.17, 15) is 4.79 Å². The van der Waals surface area contributed by atoms with Crippen LogP contribution < -0.4 is 5.32 Å². The lowest BCUT2D eigenvalue weighted by atomic mass is 10.2. The summed E-state index contributed by atoms with van der Waals surface area (Å²) in [5, 5.41) is 3.12. The van der Waals surface area contributed by atoms with Crippen molar-refractivity contribution in [3.63, 3.8) is 0 Å². The van der Waals surface area contributed by atoms with E-state index in [4.69, 9.17) is 16.3 Å². The normalized spacial score (nSPS) is 10.2. The average Bonchev–Trinajstić information content (AvgIpc) is 2.40. The molecule has 1 N–H and O–H groups in total. The molecule has 1 aromatic carbocycles. The van der Waals surface area contributed by atoms with Crippen LogP contribution in [0.2, 0.25) is 5.02 Å². The molecule has 2 aromatic rings. The maximum absolute atomic E-state index is 12.0. The number of methoxy groups -OCH3 is 1. The Balaban J connectivity index is 2.15. The number of benzene rings is 1. The fraction of sp³-hybridized carbons (Fsp3) is 0.143. The summed E-state index contributed by atoms with van der Waals surface area (Å²) in [6, 6.07) is 9.04. The molecule has 0 radical (unpaired) electrons. The van der Waals surface area contributed by atoms with E-state index in [0.717, 1.165) is 5.56 Å². The first-order chi connectivity index (χ1) is 9.20. The first kappa shape index (κ1) is 13.5. The first-order valence-electron chi connectivity index (χ1n) is 5.69. The Bertz CT molecular complexity index is 587. The number of anilines is 1. The van der Waals surface area contributed by atoms with E-state index in [2.05, 4.69) is 10.3 Å². The Morgan fingerprint density at radius 3 is 3.00 bits per heavy atom. The fourth-order valence-electron chi connectivity index (χ4n) is 1.66. The number of hydrogen-bond donors (Lipinski definition) is 1. The second kappa shape index (κ2) is 6.31. The Labute approximate surface area is 116 Å². The number of ether oxygens (including phenoxy) is 1. The predicted octanol–water partition coefficient (Wildman–Crippen LogP) is 3.13. The van der Waals surface area contributed by atoms with Crippen LogP contribution in [0.4, 0.5) is 5.69 Å². The fourth-order valence-corrected chi connectivity index (χ4v) is 1.87. The van der Waals surface area contributed by atoms with Crippen LogP contribution in [-0.4, -0.2) is 18.0 Å². The van der Waals surface area contributed by atoms with Crippen molar-refractivity contribution in [2.24, 2.45) is 0 Å². The number of rotatable bonds is 4. The maximum atomic E-state index is 12.0. The molecule has 0 aliphatic rings. The molecule has 0 aliphatic heterocycles. The first-order valence-corrected chi connectivity index (χ1v) is 6.07. The molecule has 1 amide bonds. The number of nitrogens with one attached hydrogen (secondary N) is 1. The summed E-state index contributed by atoms with van der Waals surface area (Å²) < 4.78 is 5.05. The number of carbonyl (C=O) groups is 1.